The normalized spacial score (nSPS) is 19.6. The molecule has 0 bridgehead atoms. The Labute approximate surface area is 237 Å². The van der Waals surface area contributed by atoms with Crippen molar-refractivity contribution in [2.75, 3.05) is 20.1 Å². The van der Waals surface area contributed by atoms with Crippen molar-refractivity contribution in [3.05, 3.63) is 106 Å². The van der Waals surface area contributed by atoms with Crippen molar-refractivity contribution in [1.82, 2.24) is 25.1 Å². The number of urea groups is 1. The molecule has 40 heavy (non-hydrogen) atoms. The standard InChI is InChI=1S/C30H31ClFN5O3/c1-20-8-9-23(14-25(20)31)17-35-18-27-36(26(29(35)39)15-21-6-4-3-5-7-21)28(38)19-34(2)37(27)30(40)33-16-22-10-12-24(32)13-11-22/h3-14,26-27H,15-19H2,1-2H3,(H,33,40)/t26-,27-/m0/s1. The van der Waals surface area contributed by atoms with E-state index in [9.17, 15) is 18.8 Å². The van der Waals surface area contributed by atoms with Crippen LogP contribution >= 0.6 is 11.6 Å². The predicted molar refractivity (Wildman–Crippen MR) is 149 cm³/mol. The molecule has 3 aromatic carbocycles. The number of benzene rings is 3. The van der Waals surface area contributed by atoms with Crippen molar-refractivity contribution in [2.45, 2.75) is 38.6 Å². The van der Waals surface area contributed by atoms with E-state index in [0.717, 1.165) is 22.3 Å². The minimum atomic E-state index is -0.782. The summed E-state index contributed by atoms with van der Waals surface area (Å²) in [6.45, 7) is 2.47. The third-order valence-corrected chi connectivity index (χ3v) is 7.79. The van der Waals surface area contributed by atoms with Gasteiger partial charge in [-0.25, -0.2) is 19.2 Å². The predicted octanol–water partition coefficient (Wildman–Crippen LogP) is 3.97. The number of likely N-dealkylation sites (N-methyl/N-ethyl adjacent to an activating group) is 1. The van der Waals surface area contributed by atoms with Crippen molar-refractivity contribution in [2.24, 2.45) is 0 Å². The number of hydrogen-bond donors (Lipinski definition) is 1. The molecular formula is C30H31ClFN5O3. The Balaban J connectivity index is 1.45. The molecule has 0 radical (unpaired) electrons. The van der Waals surface area contributed by atoms with Crippen molar-refractivity contribution in [3.63, 3.8) is 0 Å². The largest absolute Gasteiger partial charge is 0.334 e. The second kappa shape index (κ2) is 11.7. The Kier molecular flexibility index (Phi) is 8.04. The van der Waals surface area contributed by atoms with Gasteiger partial charge in [0.25, 0.3) is 0 Å². The van der Waals surface area contributed by atoms with Gasteiger partial charge in [-0.1, -0.05) is 66.2 Å². The molecule has 5 rings (SSSR count). The second-order valence-electron chi connectivity index (χ2n) is 10.2. The van der Waals surface area contributed by atoms with Gasteiger partial charge >= 0.3 is 6.03 Å². The SMILES string of the molecule is Cc1ccc(CN2C[C@H]3N(C(=O)CN(C)N3C(=O)NCc3ccc(F)cc3)[C@@H](Cc3ccccc3)C2=O)cc1Cl. The number of hydrazine groups is 1. The van der Waals surface area contributed by atoms with Crippen LogP contribution in [0.4, 0.5) is 9.18 Å². The van der Waals surface area contributed by atoms with Crippen LogP contribution < -0.4 is 5.32 Å². The minimum Gasteiger partial charge on any atom is -0.333 e. The van der Waals surface area contributed by atoms with E-state index < -0.39 is 18.2 Å². The number of amides is 4. The van der Waals surface area contributed by atoms with E-state index in [1.165, 1.54) is 17.1 Å². The van der Waals surface area contributed by atoms with E-state index >= 15 is 0 Å². The monoisotopic (exact) mass is 563 g/mol. The van der Waals surface area contributed by atoms with Gasteiger partial charge in [0, 0.05) is 31.6 Å². The molecule has 1 N–H and O–H groups in total. The number of nitrogens with one attached hydrogen (secondary N) is 1. The summed E-state index contributed by atoms with van der Waals surface area (Å²) >= 11 is 6.37. The molecule has 2 atom stereocenters. The van der Waals surface area contributed by atoms with Crippen LogP contribution in [-0.4, -0.2) is 70.0 Å². The zero-order chi connectivity index (χ0) is 28.4. The summed E-state index contributed by atoms with van der Waals surface area (Å²) in [5, 5.41) is 6.58. The zero-order valence-electron chi connectivity index (χ0n) is 22.4. The maximum absolute atomic E-state index is 13.9. The summed E-state index contributed by atoms with van der Waals surface area (Å²) in [5.74, 6) is -0.755. The molecule has 2 saturated heterocycles. The fraction of sp³-hybridized carbons (Fsp3) is 0.300. The topological polar surface area (TPSA) is 76.2 Å². The molecule has 2 fully saturated rings. The number of fused-ring (bicyclic) bond motifs is 1. The first kappa shape index (κ1) is 27.6. The third-order valence-electron chi connectivity index (χ3n) is 7.39. The first-order chi connectivity index (χ1) is 19.2. The number of nitrogens with zero attached hydrogens (tertiary/aromatic N) is 4. The molecule has 0 aliphatic carbocycles. The van der Waals surface area contributed by atoms with Gasteiger partial charge in [-0.2, -0.15) is 0 Å². The Hall–Kier alpha value is -3.95. The van der Waals surface area contributed by atoms with Gasteiger partial charge in [0.1, 0.15) is 18.0 Å². The number of halogens is 2. The Bertz CT molecular complexity index is 1400. The molecule has 0 aromatic heterocycles. The lowest BCUT2D eigenvalue weighted by Gasteiger charge is -2.54. The molecule has 2 aliphatic rings. The highest BCUT2D eigenvalue weighted by molar-refractivity contribution is 6.31. The quantitative estimate of drug-likeness (QED) is 0.492. The Morgan fingerprint density at radius 2 is 1.70 bits per heavy atom. The van der Waals surface area contributed by atoms with E-state index in [0.29, 0.717) is 11.4 Å². The second-order valence-corrected chi connectivity index (χ2v) is 10.6. The Morgan fingerprint density at radius 3 is 2.40 bits per heavy atom. The minimum absolute atomic E-state index is 0.0490. The lowest BCUT2D eigenvalue weighted by atomic mass is 9.98. The zero-order valence-corrected chi connectivity index (χ0v) is 23.1. The summed E-state index contributed by atoms with van der Waals surface area (Å²) in [6, 6.07) is 19.9. The first-order valence-electron chi connectivity index (χ1n) is 13.1. The molecular weight excluding hydrogens is 533 g/mol. The summed E-state index contributed by atoms with van der Waals surface area (Å²) in [4.78, 5) is 44.1. The highest BCUT2D eigenvalue weighted by atomic mass is 35.5. The number of carbonyl (C=O) groups excluding carboxylic acids is 3. The van der Waals surface area contributed by atoms with Gasteiger partial charge in [0.15, 0.2) is 0 Å². The van der Waals surface area contributed by atoms with Crippen LogP contribution in [0.15, 0.2) is 72.8 Å². The van der Waals surface area contributed by atoms with Gasteiger partial charge in [-0.05, 0) is 47.4 Å². The number of hydrogen-bond acceptors (Lipinski definition) is 4. The summed E-state index contributed by atoms with van der Waals surface area (Å²) in [5.41, 5.74) is 3.45. The average molecular weight is 564 g/mol. The first-order valence-corrected chi connectivity index (χ1v) is 13.5. The van der Waals surface area contributed by atoms with Crippen LogP contribution in [0.1, 0.15) is 22.3 Å². The van der Waals surface area contributed by atoms with Gasteiger partial charge in [-0.15, -0.1) is 0 Å². The maximum Gasteiger partial charge on any atom is 0.334 e. The van der Waals surface area contributed by atoms with E-state index in [1.807, 2.05) is 55.5 Å². The molecule has 0 spiro atoms. The van der Waals surface area contributed by atoms with Crippen molar-refractivity contribution < 1.29 is 18.8 Å². The van der Waals surface area contributed by atoms with Gasteiger partial charge in [0.05, 0.1) is 13.1 Å². The van der Waals surface area contributed by atoms with E-state index in [2.05, 4.69) is 5.32 Å². The highest BCUT2D eigenvalue weighted by Crippen LogP contribution is 2.29. The number of aryl methyl sites for hydroxylation is 1. The summed E-state index contributed by atoms with van der Waals surface area (Å²) in [6.07, 6.45) is -0.395. The highest BCUT2D eigenvalue weighted by Gasteiger charge is 2.50. The molecule has 10 heteroatoms. The van der Waals surface area contributed by atoms with Gasteiger partial charge < -0.3 is 15.1 Å². The van der Waals surface area contributed by atoms with Crippen LogP contribution in [0.3, 0.4) is 0 Å². The van der Waals surface area contributed by atoms with Crippen molar-refractivity contribution >= 4 is 29.4 Å². The van der Waals surface area contributed by atoms with Crippen molar-refractivity contribution in [1.29, 1.82) is 0 Å². The van der Waals surface area contributed by atoms with Crippen LogP contribution in [0, 0.1) is 12.7 Å². The fourth-order valence-electron chi connectivity index (χ4n) is 5.30. The molecule has 8 nitrogen and oxygen atoms in total. The molecule has 0 unspecified atom stereocenters. The van der Waals surface area contributed by atoms with Gasteiger partial charge in [0.2, 0.25) is 11.8 Å². The summed E-state index contributed by atoms with van der Waals surface area (Å²) < 4.78 is 13.3. The smallest absolute Gasteiger partial charge is 0.333 e. The summed E-state index contributed by atoms with van der Waals surface area (Å²) in [7, 11) is 1.68. The maximum atomic E-state index is 13.9. The average Bonchev–Trinajstić information content (AvgIpc) is 2.93. The van der Waals surface area contributed by atoms with E-state index in [1.54, 1.807) is 34.0 Å². The van der Waals surface area contributed by atoms with Crippen LogP contribution in [0.2, 0.25) is 5.02 Å². The number of rotatable bonds is 6. The van der Waals surface area contributed by atoms with Crippen LogP contribution in [0.25, 0.3) is 0 Å². The molecule has 2 aliphatic heterocycles. The van der Waals surface area contributed by atoms with Crippen molar-refractivity contribution in [3.8, 4) is 0 Å². The fourth-order valence-corrected chi connectivity index (χ4v) is 5.50. The number of piperazine rings is 1. The lowest BCUT2D eigenvalue weighted by Crippen LogP contribution is -2.76. The molecule has 3 aromatic rings. The number of carbonyl (C=O) groups is 3. The van der Waals surface area contributed by atoms with E-state index in [-0.39, 0.29) is 43.8 Å². The molecule has 4 amide bonds. The van der Waals surface area contributed by atoms with Crippen LogP contribution in [-0.2, 0) is 29.1 Å². The Morgan fingerprint density at radius 1 is 1.00 bits per heavy atom. The van der Waals surface area contributed by atoms with Gasteiger partial charge in [-0.3, -0.25) is 9.59 Å². The third kappa shape index (κ3) is 5.80. The van der Waals surface area contributed by atoms with Crippen LogP contribution in [0.5, 0.6) is 0 Å². The lowest BCUT2D eigenvalue weighted by molar-refractivity contribution is -0.187. The van der Waals surface area contributed by atoms with E-state index in [4.69, 9.17) is 11.6 Å². The molecule has 208 valence electrons. The molecule has 2 heterocycles. The molecule has 0 saturated carbocycles.